The normalized spacial score (nSPS) is 11.6. The maximum Gasteiger partial charge on any atom is 0.170 e. The summed E-state index contributed by atoms with van der Waals surface area (Å²) < 4.78 is 0. The van der Waals surface area contributed by atoms with Crippen molar-refractivity contribution in [2.24, 2.45) is 10.9 Å². The second-order valence-corrected chi connectivity index (χ2v) is 5.40. The van der Waals surface area contributed by atoms with Crippen LogP contribution in [0.3, 0.4) is 0 Å². The molecule has 4 nitrogen and oxygen atoms in total. The largest absolute Gasteiger partial charge is 0.409 e. The van der Waals surface area contributed by atoms with E-state index in [0.717, 1.165) is 17.8 Å². The summed E-state index contributed by atoms with van der Waals surface area (Å²) in [5.41, 5.74) is 7.39. The topological polar surface area (TPSA) is 61.8 Å². The number of rotatable bonds is 7. The number of nitrogens with two attached hydrogens (primary N) is 1. The standard InChI is InChI=1S/C13H21N3OS/c1-3-18-10-4-9-16(2)12-7-5-11(6-8-12)13(14)15-17/h5-8,17H,3-4,9-10H2,1-2H3,(H2,14,15). The smallest absolute Gasteiger partial charge is 0.170 e. The summed E-state index contributed by atoms with van der Waals surface area (Å²) in [6.07, 6.45) is 1.18. The lowest BCUT2D eigenvalue weighted by Gasteiger charge is -2.19. The van der Waals surface area contributed by atoms with Crippen LogP contribution in [-0.2, 0) is 0 Å². The van der Waals surface area contributed by atoms with Crippen LogP contribution in [0.2, 0.25) is 0 Å². The molecule has 0 fully saturated rings. The van der Waals surface area contributed by atoms with Crippen molar-refractivity contribution >= 4 is 23.3 Å². The van der Waals surface area contributed by atoms with E-state index in [1.54, 1.807) is 0 Å². The van der Waals surface area contributed by atoms with E-state index in [4.69, 9.17) is 10.9 Å². The van der Waals surface area contributed by atoms with Crippen molar-refractivity contribution in [3.8, 4) is 0 Å². The fourth-order valence-electron chi connectivity index (χ4n) is 1.62. The van der Waals surface area contributed by atoms with Gasteiger partial charge in [0.2, 0.25) is 0 Å². The first kappa shape index (κ1) is 14.7. The number of hydrogen-bond donors (Lipinski definition) is 2. The molecule has 0 bridgehead atoms. The molecule has 0 aliphatic heterocycles. The molecule has 3 N–H and O–H groups in total. The third-order valence-corrected chi connectivity index (χ3v) is 3.68. The predicted molar refractivity (Wildman–Crippen MR) is 79.8 cm³/mol. The van der Waals surface area contributed by atoms with Gasteiger partial charge >= 0.3 is 0 Å². The van der Waals surface area contributed by atoms with Crippen molar-refractivity contribution in [3.63, 3.8) is 0 Å². The highest BCUT2D eigenvalue weighted by molar-refractivity contribution is 7.99. The Morgan fingerprint density at radius 1 is 1.39 bits per heavy atom. The molecule has 1 aromatic rings. The van der Waals surface area contributed by atoms with Crippen molar-refractivity contribution in [1.29, 1.82) is 0 Å². The molecule has 0 amide bonds. The first-order valence-electron chi connectivity index (χ1n) is 6.06. The minimum Gasteiger partial charge on any atom is -0.409 e. The fraction of sp³-hybridized carbons (Fsp3) is 0.462. The zero-order chi connectivity index (χ0) is 13.4. The van der Waals surface area contributed by atoms with Crippen molar-refractivity contribution < 1.29 is 5.21 Å². The molecule has 1 rings (SSSR count). The summed E-state index contributed by atoms with van der Waals surface area (Å²) in [4.78, 5) is 2.21. The number of hydrogen-bond acceptors (Lipinski definition) is 4. The van der Waals surface area contributed by atoms with Gasteiger partial charge in [-0.2, -0.15) is 11.8 Å². The Balaban J connectivity index is 2.51. The lowest BCUT2D eigenvalue weighted by Crippen LogP contribution is -2.19. The van der Waals surface area contributed by atoms with Crippen molar-refractivity contribution in [1.82, 2.24) is 0 Å². The lowest BCUT2D eigenvalue weighted by molar-refractivity contribution is 0.318. The highest BCUT2D eigenvalue weighted by atomic mass is 32.2. The molecular formula is C13H21N3OS. The Labute approximate surface area is 113 Å². The van der Waals surface area contributed by atoms with E-state index >= 15 is 0 Å². The summed E-state index contributed by atoms with van der Waals surface area (Å²) >= 11 is 1.97. The van der Waals surface area contributed by atoms with Gasteiger partial charge < -0.3 is 15.8 Å². The second-order valence-electron chi connectivity index (χ2n) is 4.00. The second kappa shape index (κ2) is 7.87. The molecule has 1 aromatic carbocycles. The number of thioether (sulfide) groups is 1. The van der Waals surface area contributed by atoms with Crippen LogP contribution in [-0.4, -0.2) is 36.1 Å². The molecule has 0 heterocycles. The molecule has 18 heavy (non-hydrogen) atoms. The SMILES string of the molecule is CCSCCCN(C)c1ccc(/C(N)=N/O)cc1. The number of amidine groups is 1. The molecule has 0 spiro atoms. The highest BCUT2D eigenvalue weighted by Crippen LogP contribution is 2.14. The molecule has 0 radical (unpaired) electrons. The quantitative estimate of drug-likeness (QED) is 0.262. The van der Waals surface area contributed by atoms with Gasteiger partial charge in [0.25, 0.3) is 0 Å². The summed E-state index contributed by atoms with van der Waals surface area (Å²) in [6, 6.07) is 7.70. The maximum absolute atomic E-state index is 8.58. The van der Waals surface area contributed by atoms with E-state index in [0.29, 0.717) is 0 Å². The molecule has 0 aromatic heterocycles. The highest BCUT2D eigenvalue weighted by Gasteiger charge is 2.02. The summed E-state index contributed by atoms with van der Waals surface area (Å²) in [6.45, 7) is 3.22. The van der Waals surface area contributed by atoms with Crippen LogP contribution in [0, 0.1) is 0 Å². The van der Waals surface area contributed by atoms with Gasteiger partial charge in [0, 0.05) is 24.8 Å². The van der Waals surface area contributed by atoms with Gasteiger partial charge in [-0.15, -0.1) is 0 Å². The maximum atomic E-state index is 8.58. The van der Waals surface area contributed by atoms with Gasteiger partial charge in [-0.05, 0) is 42.2 Å². The molecule has 0 unspecified atom stereocenters. The lowest BCUT2D eigenvalue weighted by atomic mass is 10.2. The van der Waals surface area contributed by atoms with E-state index in [2.05, 4.69) is 24.0 Å². The fourth-order valence-corrected chi connectivity index (χ4v) is 2.24. The average molecular weight is 267 g/mol. The number of nitrogens with zero attached hydrogens (tertiary/aromatic N) is 2. The van der Waals surface area contributed by atoms with Gasteiger partial charge in [-0.25, -0.2) is 0 Å². The first-order valence-corrected chi connectivity index (χ1v) is 7.21. The molecule has 100 valence electrons. The van der Waals surface area contributed by atoms with E-state index in [9.17, 15) is 0 Å². The Hall–Kier alpha value is -1.36. The third-order valence-electron chi connectivity index (χ3n) is 2.70. The average Bonchev–Trinajstić information content (AvgIpc) is 2.42. The number of oxime groups is 1. The number of anilines is 1. The van der Waals surface area contributed by atoms with Gasteiger partial charge in [-0.1, -0.05) is 12.1 Å². The predicted octanol–water partition coefficient (Wildman–Crippen LogP) is 2.36. The minimum atomic E-state index is 0.142. The van der Waals surface area contributed by atoms with E-state index in [-0.39, 0.29) is 5.84 Å². The Morgan fingerprint density at radius 3 is 2.61 bits per heavy atom. The van der Waals surface area contributed by atoms with Crippen LogP contribution in [0.5, 0.6) is 0 Å². The minimum absolute atomic E-state index is 0.142. The Bertz CT molecular complexity index is 378. The van der Waals surface area contributed by atoms with Gasteiger partial charge in [0.1, 0.15) is 0 Å². The van der Waals surface area contributed by atoms with Gasteiger partial charge in [0.15, 0.2) is 5.84 Å². The van der Waals surface area contributed by atoms with Crippen molar-refractivity contribution in [3.05, 3.63) is 29.8 Å². The Kier molecular flexibility index (Phi) is 6.43. The van der Waals surface area contributed by atoms with Crippen LogP contribution in [0.1, 0.15) is 18.9 Å². The molecule has 0 aliphatic carbocycles. The van der Waals surface area contributed by atoms with E-state index in [1.807, 2.05) is 36.0 Å². The molecule has 5 heteroatoms. The summed E-state index contributed by atoms with van der Waals surface area (Å²) in [5, 5.41) is 11.6. The van der Waals surface area contributed by atoms with Crippen molar-refractivity contribution in [2.45, 2.75) is 13.3 Å². The molecule has 0 aliphatic rings. The third kappa shape index (κ3) is 4.49. The van der Waals surface area contributed by atoms with Gasteiger partial charge in [-0.3, -0.25) is 0 Å². The van der Waals surface area contributed by atoms with Crippen LogP contribution in [0.25, 0.3) is 0 Å². The number of benzene rings is 1. The summed E-state index contributed by atoms with van der Waals surface area (Å²) in [7, 11) is 2.08. The van der Waals surface area contributed by atoms with E-state index in [1.165, 1.54) is 17.9 Å². The Morgan fingerprint density at radius 2 is 2.06 bits per heavy atom. The zero-order valence-corrected chi connectivity index (χ0v) is 11.8. The molecule has 0 saturated heterocycles. The molecule has 0 atom stereocenters. The first-order chi connectivity index (χ1) is 8.69. The monoisotopic (exact) mass is 267 g/mol. The van der Waals surface area contributed by atoms with Crippen LogP contribution >= 0.6 is 11.8 Å². The van der Waals surface area contributed by atoms with E-state index < -0.39 is 0 Å². The molecule has 0 saturated carbocycles. The van der Waals surface area contributed by atoms with Gasteiger partial charge in [0.05, 0.1) is 0 Å². The molecular weight excluding hydrogens is 246 g/mol. The van der Waals surface area contributed by atoms with Crippen LogP contribution in [0.4, 0.5) is 5.69 Å². The summed E-state index contributed by atoms with van der Waals surface area (Å²) in [5.74, 6) is 2.52. The van der Waals surface area contributed by atoms with Crippen molar-refractivity contribution in [2.75, 3.05) is 30.0 Å². The van der Waals surface area contributed by atoms with Crippen LogP contribution in [0.15, 0.2) is 29.4 Å². The van der Waals surface area contributed by atoms with Crippen LogP contribution < -0.4 is 10.6 Å². The zero-order valence-electron chi connectivity index (χ0n) is 11.0.